The van der Waals surface area contributed by atoms with E-state index in [4.69, 9.17) is 9.90 Å². The third-order valence-corrected chi connectivity index (χ3v) is 3.98. The van der Waals surface area contributed by atoms with Crippen LogP contribution < -0.4 is 10.2 Å². The summed E-state index contributed by atoms with van der Waals surface area (Å²) in [6.07, 6.45) is 19.9. The monoisotopic (exact) mass is 456 g/mol. The zero-order chi connectivity index (χ0) is 17.6. The Morgan fingerprint density at radius 3 is 1.16 bits per heavy atom. The van der Waals surface area contributed by atoms with Gasteiger partial charge in [0.2, 0.25) is 0 Å². The van der Waals surface area contributed by atoms with E-state index in [2.05, 4.69) is 6.92 Å². The molecule has 0 unspecified atom stereocenters. The number of hydrogen-bond acceptors (Lipinski definition) is 4. The van der Waals surface area contributed by atoms with E-state index in [1.165, 1.54) is 83.5 Å². The van der Waals surface area contributed by atoms with Crippen molar-refractivity contribution in [2.24, 2.45) is 0 Å². The fourth-order valence-corrected chi connectivity index (χ4v) is 2.64. The maximum Gasteiger partial charge on any atom is 2.00 e. The molecule has 0 aromatic rings. The van der Waals surface area contributed by atoms with Gasteiger partial charge in [-0.15, -0.1) is 0 Å². The molecule has 0 N–H and O–H groups in total. The minimum atomic E-state index is -0.903. The van der Waals surface area contributed by atoms with Gasteiger partial charge in [0.15, 0.2) is 0 Å². The van der Waals surface area contributed by atoms with Gasteiger partial charge < -0.3 is 19.8 Å². The maximum atomic E-state index is 10.2. The quantitative estimate of drug-likeness (QED) is 0.202. The first-order valence-electron chi connectivity index (χ1n) is 9.44. The molecule has 0 saturated carbocycles. The van der Waals surface area contributed by atoms with Crippen LogP contribution in [0.1, 0.15) is 110 Å². The third-order valence-electron chi connectivity index (χ3n) is 3.98. The van der Waals surface area contributed by atoms with Crippen molar-refractivity contribution in [2.45, 2.75) is 110 Å². The van der Waals surface area contributed by atoms with Crippen molar-refractivity contribution in [1.29, 1.82) is 0 Å². The number of hydrogen-bond donors (Lipinski definition) is 0. The molecule has 0 spiro atoms. The number of carbonyl (C=O) groups is 2. The molecule has 0 radical (unpaired) electrons. The summed E-state index contributed by atoms with van der Waals surface area (Å²) in [5.74, 6) is -0.903. The predicted octanol–water partition coefficient (Wildman–Crippen LogP) is 3.36. The van der Waals surface area contributed by atoms with Gasteiger partial charge in [0.1, 0.15) is 0 Å². The van der Waals surface area contributed by atoms with Gasteiger partial charge in [-0.05, 0) is 12.8 Å². The van der Waals surface area contributed by atoms with Gasteiger partial charge in [0.05, 0.1) is 0 Å². The van der Waals surface area contributed by atoms with E-state index in [0.717, 1.165) is 12.8 Å². The molecular formula is C19H36O4Zn2+2. The summed E-state index contributed by atoms with van der Waals surface area (Å²) in [6.45, 7) is 1.77. The second kappa shape index (κ2) is 31.9. The standard InChI is InChI=1S/C18H36O2.CH2O2.2Zn/c1-2-3-4-5-6-7-8-9-10-11-12-13-14-15-16-17-18(19)20;2-1-3;;/h2-17H2,1H3,(H,19,20);1H,(H,2,3);;/q;;2*+2/p-2. The molecule has 0 aromatic carbocycles. The van der Waals surface area contributed by atoms with Gasteiger partial charge in [-0.1, -0.05) is 96.8 Å². The van der Waals surface area contributed by atoms with Crippen molar-refractivity contribution in [3.63, 3.8) is 0 Å². The molecule has 0 bridgehead atoms. The second-order valence-corrected chi connectivity index (χ2v) is 6.17. The summed E-state index contributed by atoms with van der Waals surface area (Å²) in [5.41, 5.74) is 0. The van der Waals surface area contributed by atoms with E-state index in [-0.39, 0.29) is 45.4 Å². The molecule has 25 heavy (non-hydrogen) atoms. The summed E-state index contributed by atoms with van der Waals surface area (Å²) in [5, 5.41) is 18.5. The summed E-state index contributed by atoms with van der Waals surface area (Å²) >= 11 is 0. The third kappa shape index (κ3) is 40.3. The van der Waals surface area contributed by atoms with Crippen LogP contribution >= 0.6 is 0 Å². The molecule has 0 saturated heterocycles. The Kier molecular flexibility index (Phi) is 41.9. The minimum Gasteiger partial charge on any atom is -0.554 e. The summed E-state index contributed by atoms with van der Waals surface area (Å²) in [6, 6.07) is 0. The molecule has 0 heterocycles. The number of carboxylic acid groups (broad SMARTS) is 2. The SMILES string of the molecule is CCCCCCCCCCCCCCCCCC(=O)[O-].O=C[O-].[Zn+2].[Zn+2]. The van der Waals surface area contributed by atoms with Gasteiger partial charge in [0.25, 0.3) is 0 Å². The molecule has 0 aliphatic rings. The van der Waals surface area contributed by atoms with Crippen LogP contribution in [-0.2, 0) is 48.5 Å². The fraction of sp³-hybridized carbons (Fsp3) is 0.895. The smallest absolute Gasteiger partial charge is 0.554 e. The van der Waals surface area contributed by atoms with E-state index in [1.54, 1.807) is 0 Å². The van der Waals surface area contributed by atoms with Crippen molar-refractivity contribution in [2.75, 3.05) is 0 Å². The number of rotatable bonds is 16. The Morgan fingerprint density at radius 1 is 0.680 bits per heavy atom. The Bertz CT molecular complexity index is 252. The van der Waals surface area contributed by atoms with Crippen molar-refractivity contribution >= 4 is 12.4 Å². The first-order chi connectivity index (χ1) is 11.2. The van der Waals surface area contributed by atoms with Crippen LogP contribution in [0.25, 0.3) is 0 Å². The molecule has 0 atom stereocenters. The van der Waals surface area contributed by atoms with E-state index in [0.29, 0.717) is 0 Å². The van der Waals surface area contributed by atoms with Gasteiger partial charge in [-0.3, -0.25) is 0 Å². The molecule has 0 aromatic heterocycles. The summed E-state index contributed by atoms with van der Waals surface area (Å²) in [7, 11) is 0. The Hall–Kier alpha value is 0.187. The van der Waals surface area contributed by atoms with Crippen molar-refractivity contribution in [1.82, 2.24) is 0 Å². The van der Waals surface area contributed by atoms with E-state index < -0.39 is 12.4 Å². The average Bonchev–Trinajstić information content (AvgIpc) is 2.51. The first kappa shape index (κ1) is 32.8. The number of carboxylic acids is 1. The Labute approximate surface area is 180 Å². The topological polar surface area (TPSA) is 80.3 Å². The van der Waals surface area contributed by atoms with Crippen LogP contribution in [0.4, 0.5) is 0 Å². The fourth-order valence-electron chi connectivity index (χ4n) is 2.64. The van der Waals surface area contributed by atoms with Crippen LogP contribution in [0.5, 0.6) is 0 Å². The first-order valence-corrected chi connectivity index (χ1v) is 9.44. The van der Waals surface area contributed by atoms with Crippen molar-refractivity contribution in [3.05, 3.63) is 0 Å². The molecule has 0 rings (SSSR count). The van der Waals surface area contributed by atoms with Gasteiger partial charge in [-0.25, -0.2) is 0 Å². The van der Waals surface area contributed by atoms with E-state index in [1.807, 2.05) is 0 Å². The molecular weight excluding hydrogens is 423 g/mol. The van der Waals surface area contributed by atoms with Gasteiger partial charge in [0, 0.05) is 12.4 Å². The summed E-state index contributed by atoms with van der Waals surface area (Å²) < 4.78 is 0. The normalized spacial score (nSPS) is 9.16. The average molecular weight is 459 g/mol. The van der Waals surface area contributed by atoms with Crippen LogP contribution in [0.3, 0.4) is 0 Å². The Balaban J connectivity index is -0.000000409. The molecule has 4 nitrogen and oxygen atoms in total. The zero-order valence-corrected chi connectivity index (χ0v) is 22.4. The predicted molar refractivity (Wildman–Crippen MR) is 90.6 cm³/mol. The van der Waals surface area contributed by atoms with Crippen molar-refractivity contribution in [3.8, 4) is 0 Å². The largest absolute Gasteiger partial charge is 2.00 e. The molecule has 138 valence electrons. The van der Waals surface area contributed by atoms with Crippen LogP contribution in [0.15, 0.2) is 0 Å². The van der Waals surface area contributed by atoms with Crippen LogP contribution in [0.2, 0.25) is 0 Å². The number of unbranched alkanes of at least 4 members (excludes halogenated alkanes) is 14. The van der Waals surface area contributed by atoms with E-state index in [9.17, 15) is 9.90 Å². The van der Waals surface area contributed by atoms with Gasteiger partial charge >= 0.3 is 39.0 Å². The maximum absolute atomic E-state index is 10.2. The minimum absolute atomic E-state index is 0. The molecule has 6 heteroatoms. The molecule has 0 aliphatic heterocycles. The van der Waals surface area contributed by atoms with Crippen LogP contribution in [-0.4, -0.2) is 12.4 Å². The zero-order valence-electron chi connectivity index (χ0n) is 16.4. The second-order valence-electron chi connectivity index (χ2n) is 6.17. The molecule has 0 amide bonds. The molecule has 0 fully saturated rings. The Morgan fingerprint density at radius 2 is 0.920 bits per heavy atom. The molecule has 0 aliphatic carbocycles. The van der Waals surface area contributed by atoms with Crippen molar-refractivity contribution < 1.29 is 58.8 Å². The van der Waals surface area contributed by atoms with Crippen LogP contribution in [0, 0.1) is 0 Å². The van der Waals surface area contributed by atoms with Gasteiger partial charge in [-0.2, -0.15) is 0 Å². The van der Waals surface area contributed by atoms with E-state index >= 15 is 0 Å². The summed E-state index contributed by atoms with van der Waals surface area (Å²) in [4.78, 5) is 18.5. The number of carbonyl (C=O) groups excluding carboxylic acids is 2. The number of aliphatic carboxylic acids is 1.